The molecule has 27 heavy (non-hydrogen) atoms. The van der Waals surface area contributed by atoms with Crippen LogP contribution in [0, 0.1) is 11.6 Å². The first-order chi connectivity index (χ1) is 13.2. The first-order valence-corrected chi connectivity index (χ1v) is 10.1. The number of hydrogen-bond donors (Lipinski definition) is 2. The van der Waals surface area contributed by atoms with E-state index in [4.69, 9.17) is 0 Å². The van der Waals surface area contributed by atoms with Gasteiger partial charge in [0.25, 0.3) is 0 Å². The molecule has 1 atom stereocenters. The van der Waals surface area contributed by atoms with E-state index in [1.165, 1.54) is 57.1 Å². The van der Waals surface area contributed by atoms with Gasteiger partial charge in [0.2, 0.25) is 0 Å². The standard InChI is InChI=1S/C20H31F2N5/c1-23-20(24-10-2-3-11-26-12-4-5-13-26)25-16-9-14-27(15-16)19-17(21)7-6-8-18(19)22/h6-8,16H,2-5,9-15H2,1H3,(H2,23,24,25). The molecule has 0 radical (unpaired) electrons. The Morgan fingerprint density at radius 1 is 1.15 bits per heavy atom. The van der Waals surface area contributed by atoms with Gasteiger partial charge in [0, 0.05) is 32.7 Å². The monoisotopic (exact) mass is 379 g/mol. The molecule has 5 nitrogen and oxygen atoms in total. The Labute approximate surface area is 160 Å². The summed E-state index contributed by atoms with van der Waals surface area (Å²) in [5.74, 6) is -0.246. The topological polar surface area (TPSA) is 42.9 Å². The Bertz CT molecular complexity index is 611. The molecule has 2 N–H and O–H groups in total. The van der Waals surface area contributed by atoms with E-state index < -0.39 is 11.6 Å². The fourth-order valence-electron chi connectivity index (χ4n) is 3.93. The molecule has 2 aliphatic heterocycles. The highest BCUT2D eigenvalue weighted by Gasteiger charge is 2.27. The summed E-state index contributed by atoms with van der Waals surface area (Å²) in [6.07, 6.45) is 5.79. The molecular weight excluding hydrogens is 348 g/mol. The van der Waals surface area contributed by atoms with Gasteiger partial charge in [-0.25, -0.2) is 8.78 Å². The van der Waals surface area contributed by atoms with E-state index in [9.17, 15) is 8.78 Å². The molecule has 1 unspecified atom stereocenters. The largest absolute Gasteiger partial charge is 0.365 e. The first kappa shape index (κ1) is 19.9. The van der Waals surface area contributed by atoms with Gasteiger partial charge in [0.1, 0.15) is 17.3 Å². The molecule has 2 aliphatic rings. The fraction of sp³-hybridized carbons (Fsp3) is 0.650. The van der Waals surface area contributed by atoms with Gasteiger partial charge in [-0.15, -0.1) is 0 Å². The van der Waals surface area contributed by atoms with Gasteiger partial charge in [0.15, 0.2) is 5.96 Å². The number of aliphatic imine (C=N–C) groups is 1. The van der Waals surface area contributed by atoms with Gasteiger partial charge in [-0.3, -0.25) is 4.99 Å². The smallest absolute Gasteiger partial charge is 0.191 e. The third kappa shape index (κ3) is 5.54. The summed E-state index contributed by atoms with van der Waals surface area (Å²) in [6, 6.07) is 4.14. The van der Waals surface area contributed by atoms with Gasteiger partial charge < -0.3 is 20.4 Å². The third-order valence-electron chi connectivity index (χ3n) is 5.40. The predicted molar refractivity (Wildman–Crippen MR) is 106 cm³/mol. The minimum absolute atomic E-state index is 0.0756. The van der Waals surface area contributed by atoms with Crippen molar-refractivity contribution >= 4 is 11.6 Å². The zero-order valence-electron chi connectivity index (χ0n) is 16.2. The molecule has 7 heteroatoms. The van der Waals surface area contributed by atoms with Crippen molar-refractivity contribution in [3.8, 4) is 0 Å². The summed E-state index contributed by atoms with van der Waals surface area (Å²) < 4.78 is 27.9. The van der Waals surface area contributed by atoms with Crippen molar-refractivity contribution in [1.82, 2.24) is 15.5 Å². The second kappa shape index (κ2) is 9.88. The number of likely N-dealkylation sites (tertiary alicyclic amines) is 1. The molecule has 3 rings (SSSR count). The van der Waals surface area contributed by atoms with Crippen molar-refractivity contribution in [1.29, 1.82) is 0 Å². The Hall–Kier alpha value is -1.89. The van der Waals surface area contributed by atoms with E-state index in [1.54, 1.807) is 11.9 Å². The maximum Gasteiger partial charge on any atom is 0.191 e. The number of benzene rings is 1. The highest BCUT2D eigenvalue weighted by molar-refractivity contribution is 5.80. The number of hydrogen-bond acceptors (Lipinski definition) is 3. The Morgan fingerprint density at radius 2 is 1.89 bits per heavy atom. The molecule has 2 saturated heterocycles. The summed E-state index contributed by atoms with van der Waals surface area (Å²) in [6.45, 7) is 5.75. The summed E-state index contributed by atoms with van der Waals surface area (Å²) in [5.41, 5.74) is 0.0756. The molecule has 1 aromatic carbocycles. The number of nitrogens with one attached hydrogen (secondary N) is 2. The van der Waals surface area contributed by atoms with Crippen molar-refractivity contribution in [2.75, 3.05) is 51.2 Å². The lowest BCUT2D eigenvalue weighted by molar-refractivity contribution is 0.330. The molecule has 0 aliphatic carbocycles. The zero-order chi connectivity index (χ0) is 19.1. The molecular formula is C20H31F2N5. The summed E-state index contributed by atoms with van der Waals surface area (Å²) in [5, 5.41) is 6.73. The van der Waals surface area contributed by atoms with Gasteiger partial charge in [-0.2, -0.15) is 0 Å². The van der Waals surface area contributed by atoms with Crippen molar-refractivity contribution < 1.29 is 8.78 Å². The van der Waals surface area contributed by atoms with Gasteiger partial charge >= 0.3 is 0 Å². The highest BCUT2D eigenvalue weighted by Crippen LogP contribution is 2.26. The minimum atomic E-state index is -0.504. The molecule has 2 heterocycles. The lowest BCUT2D eigenvalue weighted by atomic mass is 10.2. The molecule has 1 aromatic rings. The zero-order valence-corrected chi connectivity index (χ0v) is 16.2. The molecule has 2 fully saturated rings. The van der Waals surface area contributed by atoms with Crippen molar-refractivity contribution in [3.05, 3.63) is 29.8 Å². The third-order valence-corrected chi connectivity index (χ3v) is 5.40. The fourth-order valence-corrected chi connectivity index (χ4v) is 3.93. The number of unbranched alkanes of at least 4 members (excludes halogenated alkanes) is 1. The molecule has 150 valence electrons. The van der Waals surface area contributed by atoms with Gasteiger partial charge in [-0.05, 0) is 63.9 Å². The summed E-state index contributed by atoms with van der Waals surface area (Å²) in [7, 11) is 1.75. The van der Waals surface area contributed by atoms with E-state index in [2.05, 4.69) is 20.5 Å². The van der Waals surface area contributed by atoms with Crippen LogP contribution in [0.1, 0.15) is 32.1 Å². The number of anilines is 1. The van der Waals surface area contributed by atoms with E-state index >= 15 is 0 Å². The van der Waals surface area contributed by atoms with Crippen LogP contribution in [0.5, 0.6) is 0 Å². The molecule has 0 saturated carbocycles. The van der Waals surface area contributed by atoms with Crippen LogP contribution in [0.15, 0.2) is 23.2 Å². The maximum atomic E-state index is 14.0. The van der Waals surface area contributed by atoms with Crippen LogP contribution in [-0.2, 0) is 0 Å². The number of halogens is 2. The predicted octanol–water partition coefficient (Wildman–Crippen LogP) is 2.58. The van der Waals surface area contributed by atoms with Crippen molar-refractivity contribution in [3.63, 3.8) is 0 Å². The number of nitrogens with zero attached hydrogens (tertiary/aromatic N) is 3. The average Bonchev–Trinajstić information content (AvgIpc) is 3.32. The Morgan fingerprint density at radius 3 is 2.59 bits per heavy atom. The second-order valence-corrected chi connectivity index (χ2v) is 7.40. The van der Waals surface area contributed by atoms with Crippen LogP contribution >= 0.6 is 0 Å². The van der Waals surface area contributed by atoms with Crippen LogP contribution in [-0.4, -0.2) is 63.2 Å². The summed E-state index contributed by atoms with van der Waals surface area (Å²) >= 11 is 0. The molecule has 0 amide bonds. The Kier molecular flexibility index (Phi) is 7.26. The molecule has 0 aromatic heterocycles. The van der Waals surface area contributed by atoms with E-state index in [0.29, 0.717) is 13.1 Å². The summed E-state index contributed by atoms with van der Waals surface area (Å²) in [4.78, 5) is 8.58. The lowest BCUT2D eigenvalue weighted by Crippen LogP contribution is -2.45. The molecule has 0 spiro atoms. The van der Waals surface area contributed by atoms with Crippen molar-refractivity contribution in [2.24, 2.45) is 4.99 Å². The number of rotatable bonds is 7. The number of guanidine groups is 1. The van der Waals surface area contributed by atoms with Crippen molar-refractivity contribution in [2.45, 2.75) is 38.1 Å². The normalized spacial score (nSPS) is 21.1. The van der Waals surface area contributed by atoms with E-state index in [1.807, 2.05) is 0 Å². The minimum Gasteiger partial charge on any atom is -0.365 e. The SMILES string of the molecule is CN=C(NCCCCN1CCCC1)NC1CCN(c2c(F)cccc2F)C1. The lowest BCUT2D eigenvalue weighted by Gasteiger charge is -2.21. The first-order valence-electron chi connectivity index (χ1n) is 10.1. The second-order valence-electron chi connectivity index (χ2n) is 7.40. The van der Waals surface area contributed by atoms with E-state index in [-0.39, 0.29) is 11.7 Å². The van der Waals surface area contributed by atoms with Crippen LogP contribution in [0.25, 0.3) is 0 Å². The quantitative estimate of drug-likeness (QED) is 0.434. The van der Waals surface area contributed by atoms with E-state index in [0.717, 1.165) is 25.3 Å². The van der Waals surface area contributed by atoms with Gasteiger partial charge in [-0.1, -0.05) is 6.07 Å². The molecule has 0 bridgehead atoms. The van der Waals surface area contributed by atoms with Crippen LogP contribution < -0.4 is 15.5 Å². The van der Waals surface area contributed by atoms with Crippen LogP contribution in [0.3, 0.4) is 0 Å². The van der Waals surface area contributed by atoms with Gasteiger partial charge in [0.05, 0.1) is 0 Å². The maximum absolute atomic E-state index is 14.0. The number of para-hydroxylation sites is 1. The van der Waals surface area contributed by atoms with Crippen LogP contribution in [0.4, 0.5) is 14.5 Å². The Balaban J connectivity index is 1.38. The highest BCUT2D eigenvalue weighted by atomic mass is 19.1. The van der Waals surface area contributed by atoms with Crippen LogP contribution in [0.2, 0.25) is 0 Å². The average molecular weight is 379 g/mol.